The van der Waals surface area contributed by atoms with Gasteiger partial charge in [-0.1, -0.05) is 12.1 Å². The van der Waals surface area contributed by atoms with Crippen molar-refractivity contribution in [2.75, 3.05) is 12.8 Å². The molecule has 2 nitrogen and oxygen atoms in total. The third-order valence-corrected chi connectivity index (χ3v) is 2.78. The summed E-state index contributed by atoms with van der Waals surface area (Å²) in [6.07, 6.45) is -4.33. The molecule has 0 saturated carbocycles. The Morgan fingerprint density at radius 1 is 1.00 bits per heavy atom. The average molecular weight is 267 g/mol. The molecule has 0 aliphatic rings. The lowest BCUT2D eigenvalue weighted by molar-refractivity contribution is -0.137. The zero-order valence-electron chi connectivity index (χ0n) is 10.2. The molecular formula is C14H12F3NO. The highest BCUT2D eigenvalue weighted by Gasteiger charge is 2.30. The largest absolute Gasteiger partial charge is 0.497 e. The number of nitrogens with two attached hydrogens (primary N) is 1. The van der Waals surface area contributed by atoms with Crippen LogP contribution in [0, 0.1) is 0 Å². The number of nitrogen functional groups attached to an aromatic ring is 1. The van der Waals surface area contributed by atoms with Gasteiger partial charge in [0.15, 0.2) is 0 Å². The number of hydrogen-bond donors (Lipinski definition) is 1. The van der Waals surface area contributed by atoms with Crippen LogP contribution in [-0.2, 0) is 6.18 Å². The van der Waals surface area contributed by atoms with Crippen molar-refractivity contribution in [2.24, 2.45) is 0 Å². The number of alkyl halides is 3. The van der Waals surface area contributed by atoms with Crippen molar-refractivity contribution >= 4 is 5.69 Å². The van der Waals surface area contributed by atoms with Crippen LogP contribution in [0.15, 0.2) is 42.5 Å². The molecule has 0 saturated heterocycles. The fourth-order valence-electron chi connectivity index (χ4n) is 1.75. The van der Waals surface area contributed by atoms with Gasteiger partial charge in [-0.3, -0.25) is 0 Å². The lowest BCUT2D eigenvalue weighted by Gasteiger charge is -2.10. The molecule has 0 atom stereocenters. The van der Waals surface area contributed by atoms with Gasteiger partial charge in [0.25, 0.3) is 0 Å². The molecule has 0 fully saturated rings. The maximum Gasteiger partial charge on any atom is 0.416 e. The van der Waals surface area contributed by atoms with Gasteiger partial charge in [-0.25, -0.2) is 0 Å². The fraction of sp³-hybridized carbons (Fsp3) is 0.143. The molecule has 19 heavy (non-hydrogen) atoms. The van der Waals surface area contributed by atoms with Crippen LogP contribution >= 0.6 is 0 Å². The SMILES string of the molecule is COc1ccc(N)c(-c2ccc(C(F)(F)F)cc2)c1. The summed E-state index contributed by atoms with van der Waals surface area (Å²) in [4.78, 5) is 0. The van der Waals surface area contributed by atoms with E-state index in [4.69, 9.17) is 10.5 Å². The molecule has 0 bridgehead atoms. The van der Waals surface area contributed by atoms with Crippen LogP contribution in [0.25, 0.3) is 11.1 Å². The number of ether oxygens (including phenoxy) is 1. The summed E-state index contributed by atoms with van der Waals surface area (Å²) >= 11 is 0. The topological polar surface area (TPSA) is 35.2 Å². The molecule has 100 valence electrons. The first kappa shape index (κ1) is 13.3. The number of benzene rings is 2. The number of halogens is 3. The van der Waals surface area contributed by atoms with Gasteiger partial charge in [-0.2, -0.15) is 13.2 Å². The summed E-state index contributed by atoms with van der Waals surface area (Å²) in [5, 5.41) is 0. The Morgan fingerprint density at radius 2 is 1.63 bits per heavy atom. The van der Waals surface area contributed by atoms with Gasteiger partial charge in [0.05, 0.1) is 12.7 Å². The first-order valence-corrected chi connectivity index (χ1v) is 5.53. The van der Waals surface area contributed by atoms with Crippen LogP contribution in [0.3, 0.4) is 0 Å². The van der Waals surface area contributed by atoms with Gasteiger partial charge in [0, 0.05) is 11.3 Å². The molecule has 2 aromatic carbocycles. The molecule has 2 N–H and O–H groups in total. The lowest BCUT2D eigenvalue weighted by Crippen LogP contribution is -2.04. The van der Waals surface area contributed by atoms with Crippen LogP contribution in [0.1, 0.15) is 5.56 Å². The normalized spacial score (nSPS) is 11.4. The van der Waals surface area contributed by atoms with Crippen LogP contribution in [-0.4, -0.2) is 7.11 Å². The van der Waals surface area contributed by atoms with Gasteiger partial charge in [-0.15, -0.1) is 0 Å². The summed E-state index contributed by atoms with van der Waals surface area (Å²) in [6.45, 7) is 0. The molecule has 0 radical (unpaired) electrons. The predicted molar refractivity (Wildman–Crippen MR) is 67.8 cm³/mol. The zero-order valence-corrected chi connectivity index (χ0v) is 10.2. The molecule has 2 rings (SSSR count). The summed E-state index contributed by atoms with van der Waals surface area (Å²) in [5.74, 6) is 0.601. The summed E-state index contributed by atoms with van der Waals surface area (Å²) in [6, 6.07) is 9.91. The smallest absolute Gasteiger partial charge is 0.416 e. The van der Waals surface area contributed by atoms with Gasteiger partial charge in [0.2, 0.25) is 0 Å². The Labute approximate surface area is 108 Å². The second-order valence-corrected chi connectivity index (χ2v) is 4.03. The number of anilines is 1. The maximum absolute atomic E-state index is 12.5. The van der Waals surface area contributed by atoms with E-state index >= 15 is 0 Å². The Bertz CT molecular complexity index is 576. The van der Waals surface area contributed by atoms with Gasteiger partial charge < -0.3 is 10.5 Å². The van der Waals surface area contributed by atoms with E-state index in [9.17, 15) is 13.2 Å². The number of hydrogen-bond acceptors (Lipinski definition) is 2. The first-order chi connectivity index (χ1) is 8.91. The minimum Gasteiger partial charge on any atom is -0.497 e. The second kappa shape index (κ2) is 4.84. The molecule has 2 aromatic rings. The molecule has 0 aliphatic carbocycles. The van der Waals surface area contributed by atoms with Crippen molar-refractivity contribution < 1.29 is 17.9 Å². The van der Waals surface area contributed by atoms with E-state index in [0.29, 0.717) is 22.6 Å². The van der Waals surface area contributed by atoms with E-state index in [-0.39, 0.29) is 0 Å². The summed E-state index contributed by atoms with van der Waals surface area (Å²) in [5.41, 5.74) is 6.89. The molecule has 0 heterocycles. The van der Waals surface area contributed by atoms with E-state index in [2.05, 4.69) is 0 Å². The molecular weight excluding hydrogens is 255 g/mol. The van der Waals surface area contributed by atoms with Crippen molar-refractivity contribution in [2.45, 2.75) is 6.18 Å². The predicted octanol–water partition coefficient (Wildman–Crippen LogP) is 3.96. The first-order valence-electron chi connectivity index (χ1n) is 5.53. The van der Waals surface area contributed by atoms with E-state index < -0.39 is 11.7 Å². The Hall–Kier alpha value is -2.17. The van der Waals surface area contributed by atoms with E-state index in [0.717, 1.165) is 12.1 Å². The molecule has 0 unspecified atom stereocenters. The van der Waals surface area contributed by atoms with Crippen molar-refractivity contribution in [3.63, 3.8) is 0 Å². The minimum absolute atomic E-state index is 0.487. The monoisotopic (exact) mass is 267 g/mol. The van der Waals surface area contributed by atoms with Gasteiger partial charge in [-0.05, 0) is 35.9 Å². The standard InChI is InChI=1S/C14H12F3NO/c1-19-11-6-7-13(18)12(8-11)9-2-4-10(5-3-9)14(15,16)17/h2-8H,18H2,1H3. The van der Waals surface area contributed by atoms with E-state index in [1.54, 1.807) is 18.2 Å². The minimum atomic E-state index is -4.33. The van der Waals surface area contributed by atoms with Gasteiger partial charge >= 0.3 is 6.18 Å². The highest BCUT2D eigenvalue weighted by atomic mass is 19.4. The van der Waals surface area contributed by atoms with Crippen molar-refractivity contribution in [1.82, 2.24) is 0 Å². The van der Waals surface area contributed by atoms with E-state index in [1.807, 2.05) is 0 Å². The van der Waals surface area contributed by atoms with Crippen molar-refractivity contribution in [1.29, 1.82) is 0 Å². The maximum atomic E-state index is 12.5. The Balaban J connectivity index is 2.42. The lowest BCUT2D eigenvalue weighted by atomic mass is 10.0. The molecule has 0 spiro atoms. The fourth-order valence-corrected chi connectivity index (χ4v) is 1.75. The van der Waals surface area contributed by atoms with Crippen molar-refractivity contribution in [3.05, 3.63) is 48.0 Å². The van der Waals surface area contributed by atoms with Crippen LogP contribution in [0.2, 0.25) is 0 Å². The molecule has 5 heteroatoms. The average Bonchev–Trinajstić information content (AvgIpc) is 2.38. The van der Waals surface area contributed by atoms with Crippen LogP contribution in [0.4, 0.5) is 18.9 Å². The van der Waals surface area contributed by atoms with Crippen LogP contribution in [0.5, 0.6) is 5.75 Å². The Kier molecular flexibility index (Phi) is 3.38. The van der Waals surface area contributed by atoms with Crippen LogP contribution < -0.4 is 10.5 Å². The molecule has 0 aliphatic heterocycles. The summed E-state index contributed by atoms with van der Waals surface area (Å²) < 4.78 is 42.5. The number of methoxy groups -OCH3 is 1. The quantitative estimate of drug-likeness (QED) is 0.836. The second-order valence-electron chi connectivity index (χ2n) is 4.03. The Morgan fingerprint density at radius 3 is 2.16 bits per heavy atom. The van der Waals surface area contributed by atoms with Gasteiger partial charge in [0.1, 0.15) is 5.75 Å². The zero-order chi connectivity index (χ0) is 14.0. The highest BCUT2D eigenvalue weighted by Crippen LogP contribution is 2.33. The molecule has 0 amide bonds. The number of rotatable bonds is 2. The van der Waals surface area contributed by atoms with Crippen molar-refractivity contribution in [3.8, 4) is 16.9 Å². The highest BCUT2D eigenvalue weighted by molar-refractivity contribution is 5.77. The summed E-state index contributed by atoms with van der Waals surface area (Å²) in [7, 11) is 1.52. The molecule has 0 aromatic heterocycles. The third kappa shape index (κ3) is 2.81. The third-order valence-electron chi connectivity index (χ3n) is 2.78. The van der Waals surface area contributed by atoms with E-state index in [1.165, 1.54) is 19.2 Å².